The number of nitrogens with one attached hydrogen (secondary N) is 1. The smallest absolute Gasteiger partial charge is 0.326 e. The average Bonchev–Trinajstić information content (AvgIpc) is 2.39. The van der Waals surface area contributed by atoms with E-state index >= 15 is 0 Å². The second-order valence-corrected chi connectivity index (χ2v) is 6.33. The van der Waals surface area contributed by atoms with Crippen LogP contribution in [0, 0.1) is 5.92 Å². The molecule has 7 heteroatoms. The minimum absolute atomic E-state index is 0.00543. The number of carboxylic acids is 1. The number of hydrogen-bond acceptors (Lipinski definition) is 3. The molecule has 0 aliphatic carbocycles. The van der Waals surface area contributed by atoms with Gasteiger partial charge in [-0.1, -0.05) is 43.1 Å². The van der Waals surface area contributed by atoms with Gasteiger partial charge in [-0.15, -0.1) is 0 Å². The number of amides is 1. The molecule has 1 aromatic rings. The Labute approximate surface area is 139 Å². The van der Waals surface area contributed by atoms with Crippen molar-refractivity contribution in [3.63, 3.8) is 0 Å². The highest BCUT2D eigenvalue weighted by atomic mass is 35.5. The van der Waals surface area contributed by atoms with E-state index in [2.05, 4.69) is 5.32 Å². The van der Waals surface area contributed by atoms with Gasteiger partial charge in [0, 0.05) is 16.5 Å². The molecule has 0 unspecified atom stereocenters. The molecule has 1 amide bonds. The van der Waals surface area contributed by atoms with Gasteiger partial charge in [0.15, 0.2) is 0 Å². The fourth-order valence-corrected chi connectivity index (χ4v) is 2.41. The van der Waals surface area contributed by atoms with Crippen LogP contribution in [0.2, 0.25) is 10.0 Å². The number of rotatable bonds is 7. The molecule has 0 aliphatic rings. The molecule has 2 atom stereocenters. The third-order valence-corrected chi connectivity index (χ3v) is 3.64. The van der Waals surface area contributed by atoms with Gasteiger partial charge in [0.05, 0.1) is 0 Å². The molecule has 0 spiro atoms. The molecule has 0 radical (unpaired) electrons. The van der Waals surface area contributed by atoms with Crippen molar-refractivity contribution in [2.75, 3.05) is 0 Å². The highest BCUT2D eigenvalue weighted by molar-refractivity contribution is 6.35. The lowest BCUT2D eigenvalue weighted by atomic mass is 10.0. The molecule has 0 heterocycles. The van der Waals surface area contributed by atoms with E-state index in [1.807, 2.05) is 13.8 Å². The predicted octanol–water partition coefficient (Wildman–Crippen LogP) is 2.51. The number of halogens is 2. The molecule has 0 bridgehead atoms. The maximum Gasteiger partial charge on any atom is 0.326 e. The van der Waals surface area contributed by atoms with Crippen LogP contribution in [0.4, 0.5) is 0 Å². The minimum Gasteiger partial charge on any atom is -0.480 e. The van der Waals surface area contributed by atoms with Gasteiger partial charge in [-0.2, -0.15) is 0 Å². The first-order valence-electron chi connectivity index (χ1n) is 6.86. The van der Waals surface area contributed by atoms with Crippen LogP contribution in [0.15, 0.2) is 18.2 Å². The molecule has 3 N–H and O–H groups in total. The summed E-state index contributed by atoms with van der Waals surface area (Å²) >= 11 is 11.8. The largest absolute Gasteiger partial charge is 0.480 e. The van der Waals surface area contributed by atoms with Crippen LogP contribution in [-0.4, -0.2) is 34.2 Å². The monoisotopic (exact) mass is 347 g/mol. The zero-order chi connectivity index (χ0) is 16.9. The van der Waals surface area contributed by atoms with E-state index in [1.165, 1.54) is 6.07 Å². The average molecular weight is 348 g/mol. The number of aliphatic hydroxyl groups excluding tert-OH is 1. The zero-order valence-corrected chi connectivity index (χ0v) is 13.9. The number of benzene rings is 1. The maximum absolute atomic E-state index is 11.8. The van der Waals surface area contributed by atoms with E-state index in [9.17, 15) is 19.8 Å². The molecule has 22 heavy (non-hydrogen) atoms. The van der Waals surface area contributed by atoms with Gasteiger partial charge in [-0.05, 0) is 30.0 Å². The Hall–Kier alpha value is -1.30. The van der Waals surface area contributed by atoms with E-state index in [1.54, 1.807) is 12.1 Å². The van der Waals surface area contributed by atoms with E-state index in [0.29, 0.717) is 15.6 Å². The summed E-state index contributed by atoms with van der Waals surface area (Å²) in [5.74, 6) is -1.78. The number of carbonyl (C=O) groups is 2. The van der Waals surface area contributed by atoms with Gasteiger partial charge >= 0.3 is 5.97 Å². The van der Waals surface area contributed by atoms with Crippen molar-refractivity contribution in [1.29, 1.82) is 0 Å². The van der Waals surface area contributed by atoms with Crippen LogP contribution in [-0.2, 0) is 16.0 Å². The SMILES string of the molecule is CC(C)C[C@H](O)C(=O)N[C@@H](Cc1ccc(Cl)cc1Cl)C(=O)O. The number of carboxylic acid groups (broad SMARTS) is 1. The first kappa shape index (κ1) is 18.7. The molecule has 122 valence electrons. The number of aliphatic hydroxyl groups is 1. The van der Waals surface area contributed by atoms with Crippen LogP contribution in [0.25, 0.3) is 0 Å². The van der Waals surface area contributed by atoms with Crippen molar-refractivity contribution in [1.82, 2.24) is 5.32 Å². The normalized spacial score (nSPS) is 13.7. The van der Waals surface area contributed by atoms with Crippen molar-refractivity contribution in [3.8, 4) is 0 Å². The number of carbonyl (C=O) groups excluding carboxylic acids is 1. The Balaban J connectivity index is 2.78. The van der Waals surface area contributed by atoms with Crippen molar-refractivity contribution in [3.05, 3.63) is 33.8 Å². The predicted molar refractivity (Wildman–Crippen MR) is 85.2 cm³/mol. The van der Waals surface area contributed by atoms with Crippen LogP contribution in [0.1, 0.15) is 25.8 Å². The Bertz CT molecular complexity index is 548. The molecule has 0 aromatic heterocycles. The van der Waals surface area contributed by atoms with Crippen molar-refractivity contribution in [2.24, 2.45) is 5.92 Å². The summed E-state index contributed by atoms with van der Waals surface area (Å²) in [5, 5.41) is 22.1. The van der Waals surface area contributed by atoms with Gasteiger partial charge in [-0.3, -0.25) is 4.79 Å². The molecule has 1 rings (SSSR count). The van der Waals surface area contributed by atoms with E-state index < -0.39 is 24.0 Å². The number of hydrogen-bond donors (Lipinski definition) is 3. The third-order valence-electron chi connectivity index (χ3n) is 3.05. The lowest BCUT2D eigenvalue weighted by Crippen LogP contribution is -2.47. The highest BCUT2D eigenvalue weighted by Gasteiger charge is 2.25. The van der Waals surface area contributed by atoms with Gasteiger partial charge < -0.3 is 15.5 Å². The van der Waals surface area contributed by atoms with Crippen LogP contribution in [0.5, 0.6) is 0 Å². The third kappa shape index (κ3) is 5.83. The van der Waals surface area contributed by atoms with Gasteiger partial charge in [0.2, 0.25) is 5.91 Å². The minimum atomic E-state index is -1.23. The number of aliphatic carboxylic acids is 1. The van der Waals surface area contributed by atoms with Crippen molar-refractivity contribution < 1.29 is 19.8 Å². The lowest BCUT2D eigenvalue weighted by molar-refractivity contribution is -0.143. The Morgan fingerprint density at radius 1 is 1.27 bits per heavy atom. The summed E-state index contributed by atoms with van der Waals surface area (Å²) < 4.78 is 0. The summed E-state index contributed by atoms with van der Waals surface area (Å²) in [6.07, 6.45) is -0.965. The fraction of sp³-hybridized carbons (Fsp3) is 0.467. The summed E-state index contributed by atoms with van der Waals surface area (Å²) in [4.78, 5) is 23.1. The van der Waals surface area contributed by atoms with Crippen molar-refractivity contribution in [2.45, 2.75) is 38.8 Å². The topological polar surface area (TPSA) is 86.6 Å². The summed E-state index contributed by atoms with van der Waals surface area (Å²) in [7, 11) is 0. The van der Waals surface area contributed by atoms with Gasteiger partial charge in [-0.25, -0.2) is 4.79 Å². The quantitative estimate of drug-likeness (QED) is 0.707. The zero-order valence-electron chi connectivity index (χ0n) is 12.3. The molecule has 1 aromatic carbocycles. The summed E-state index contributed by atoms with van der Waals surface area (Å²) in [5.41, 5.74) is 0.553. The summed E-state index contributed by atoms with van der Waals surface area (Å²) in [6, 6.07) is 3.54. The first-order valence-corrected chi connectivity index (χ1v) is 7.61. The van der Waals surface area contributed by atoms with Gasteiger partial charge in [0.25, 0.3) is 0 Å². The molecule has 0 aliphatic heterocycles. The Kier molecular flexibility index (Phi) is 7.13. The molecular weight excluding hydrogens is 329 g/mol. The van der Waals surface area contributed by atoms with Gasteiger partial charge in [0.1, 0.15) is 12.1 Å². The second-order valence-electron chi connectivity index (χ2n) is 5.48. The molecule has 5 nitrogen and oxygen atoms in total. The molecular formula is C15H19Cl2NO4. The highest BCUT2D eigenvalue weighted by Crippen LogP contribution is 2.22. The van der Waals surface area contributed by atoms with Crippen LogP contribution >= 0.6 is 23.2 Å². The molecule has 0 saturated carbocycles. The summed E-state index contributed by atoms with van der Waals surface area (Å²) in [6.45, 7) is 3.72. The first-order chi connectivity index (χ1) is 10.2. The van der Waals surface area contributed by atoms with Crippen molar-refractivity contribution >= 4 is 35.1 Å². The lowest BCUT2D eigenvalue weighted by Gasteiger charge is -2.19. The Morgan fingerprint density at radius 2 is 1.91 bits per heavy atom. The van der Waals surface area contributed by atoms with E-state index in [-0.39, 0.29) is 18.8 Å². The van der Waals surface area contributed by atoms with E-state index in [4.69, 9.17) is 23.2 Å². The maximum atomic E-state index is 11.8. The second kappa shape index (κ2) is 8.36. The fourth-order valence-electron chi connectivity index (χ4n) is 1.93. The van der Waals surface area contributed by atoms with E-state index in [0.717, 1.165) is 0 Å². The van der Waals surface area contributed by atoms with Crippen LogP contribution in [0.3, 0.4) is 0 Å². The molecule has 0 fully saturated rings. The molecule has 0 saturated heterocycles. The standard InChI is InChI=1S/C15H19Cl2NO4/c1-8(2)5-13(19)14(20)18-12(15(21)22)6-9-3-4-10(16)7-11(9)17/h3-4,7-8,12-13,19H,5-6H2,1-2H3,(H,18,20)(H,21,22)/t12-,13-/m0/s1. The van der Waals surface area contributed by atoms with Crippen LogP contribution < -0.4 is 5.32 Å². The Morgan fingerprint density at radius 3 is 2.41 bits per heavy atom.